The third-order valence-electron chi connectivity index (χ3n) is 3.92. The van der Waals surface area contributed by atoms with Crippen molar-refractivity contribution in [1.82, 2.24) is 5.32 Å². The Hall–Kier alpha value is -3.68. The molecule has 2 aromatic rings. The second kappa shape index (κ2) is 9.86. The smallest absolute Gasteiger partial charge is 0.407 e. The van der Waals surface area contributed by atoms with Gasteiger partial charge in [-0.05, 0) is 23.6 Å². The van der Waals surface area contributed by atoms with Gasteiger partial charge in [0.25, 0.3) is 5.69 Å². The molecule has 28 heavy (non-hydrogen) atoms. The number of alkyl carbamates (subject to hydrolysis) is 1. The minimum absolute atomic E-state index is 0.117. The third kappa shape index (κ3) is 5.66. The first-order chi connectivity index (χ1) is 13.4. The Labute approximate surface area is 161 Å². The molecule has 0 saturated heterocycles. The molecule has 0 radical (unpaired) electrons. The number of amides is 1. The van der Waals surface area contributed by atoms with Crippen molar-refractivity contribution in [1.29, 1.82) is 0 Å². The molecule has 2 aromatic carbocycles. The Morgan fingerprint density at radius 3 is 2.57 bits per heavy atom. The summed E-state index contributed by atoms with van der Waals surface area (Å²) in [7, 11) is 1.21. The van der Waals surface area contributed by atoms with Crippen LogP contribution in [0.5, 0.6) is 0 Å². The Kier molecular flexibility index (Phi) is 7.27. The van der Waals surface area contributed by atoms with E-state index in [0.717, 1.165) is 5.56 Å². The maximum Gasteiger partial charge on any atom is 0.407 e. The van der Waals surface area contributed by atoms with Crippen LogP contribution in [-0.4, -0.2) is 30.6 Å². The first kappa shape index (κ1) is 20.6. The summed E-state index contributed by atoms with van der Waals surface area (Å²) in [5, 5.41) is 13.6. The molecule has 0 aliphatic carbocycles. The number of carbonyl (C=O) groups excluding carboxylic acids is 2. The largest absolute Gasteiger partial charge is 0.465 e. The molecule has 8 nitrogen and oxygen atoms in total. The molecule has 0 fully saturated rings. The van der Waals surface area contributed by atoms with Crippen molar-refractivity contribution in [3.63, 3.8) is 0 Å². The highest BCUT2D eigenvalue weighted by Gasteiger charge is 2.18. The van der Waals surface area contributed by atoms with Crippen molar-refractivity contribution in [2.45, 2.75) is 13.5 Å². The molecule has 0 unspecified atom stereocenters. The van der Waals surface area contributed by atoms with Crippen LogP contribution in [0.2, 0.25) is 0 Å². The number of hydrogen-bond acceptors (Lipinski definition) is 6. The van der Waals surface area contributed by atoms with Gasteiger partial charge in [-0.15, -0.1) is 0 Å². The molecule has 1 amide bonds. The predicted octanol–water partition coefficient (Wildman–Crippen LogP) is 3.63. The summed E-state index contributed by atoms with van der Waals surface area (Å²) in [6.07, 6.45) is 2.61. The summed E-state index contributed by atoms with van der Waals surface area (Å²) in [6.45, 7) is 1.98. The number of nitro benzene ring substituents is 1. The van der Waals surface area contributed by atoms with Gasteiger partial charge in [0.2, 0.25) is 0 Å². The highest BCUT2D eigenvalue weighted by atomic mass is 16.6. The van der Waals surface area contributed by atoms with Gasteiger partial charge < -0.3 is 14.8 Å². The lowest BCUT2D eigenvalue weighted by atomic mass is 10.0. The van der Waals surface area contributed by atoms with Gasteiger partial charge >= 0.3 is 12.1 Å². The van der Waals surface area contributed by atoms with E-state index >= 15 is 0 Å². The molecule has 0 saturated carbocycles. The van der Waals surface area contributed by atoms with E-state index in [4.69, 9.17) is 4.74 Å². The van der Waals surface area contributed by atoms with E-state index in [0.29, 0.717) is 11.1 Å². The van der Waals surface area contributed by atoms with Crippen LogP contribution in [0.1, 0.15) is 27.0 Å². The second-order valence-corrected chi connectivity index (χ2v) is 5.80. The highest BCUT2D eigenvalue weighted by molar-refractivity contribution is 5.93. The summed E-state index contributed by atoms with van der Waals surface area (Å²) in [6, 6.07) is 11.8. The number of rotatable bonds is 7. The number of esters is 1. The van der Waals surface area contributed by atoms with Gasteiger partial charge in [0.05, 0.1) is 17.6 Å². The van der Waals surface area contributed by atoms with Crippen molar-refractivity contribution in [2.24, 2.45) is 0 Å². The molecule has 0 aliphatic heterocycles. The molecular weight excluding hydrogens is 364 g/mol. The highest BCUT2D eigenvalue weighted by Crippen LogP contribution is 2.24. The van der Waals surface area contributed by atoms with Gasteiger partial charge in [-0.3, -0.25) is 10.1 Å². The molecule has 146 valence electrons. The molecule has 2 rings (SSSR count). The SMILES string of the molecule is COC(=O)c1cc([N+](=O)[O-])cc(C=CCNC(=O)OCc2ccccc2)c1C. The average molecular weight is 384 g/mol. The average Bonchev–Trinajstić information content (AvgIpc) is 2.70. The number of non-ortho nitro benzene ring substituents is 1. The molecule has 0 atom stereocenters. The summed E-state index contributed by atoms with van der Waals surface area (Å²) < 4.78 is 9.75. The fraction of sp³-hybridized carbons (Fsp3) is 0.200. The topological polar surface area (TPSA) is 108 Å². The molecule has 0 aromatic heterocycles. The van der Waals surface area contributed by atoms with Crippen LogP contribution in [0.3, 0.4) is 0 Å². The van der Waals surface area contributed by atoms with E-state index in [1.54, 1.807) is 19.1 Å². The molecule has 0 bridgehead atoms. The van der Waals surface area contributed by atoms with E-state index < -0.39 is 17.0 Å². The number of methoxy groups -OCH3 is 1. The molecule has 0 heterocycles. The van der Waals surface area contributed by atoms with Crippen molar-refractivity contribution in [2.75, 3.05) is 13.7 Å². The summed E-state index contributed by atoms with van der Waals surface area (Å²) in [4.78, 5) is 34.0. The second-order valence-electron chi connectivity index (χ2n) is 5.80. The molecule has 1 N–H and O–H groups in total. The lowest BCUT2D eigenvalue weighted by molar-refractivity contribution is -0.384. The normalized spacial score (nSPS) is 10.5. The van der Waals surface area contributed by atoms with Gasteiger partial charge in [-0.25, -0.2) is 9.59 Å². The van der Waals surface area contributed by atoms with Gasteiger partial charge in [0.1, 0.15) is 6.61 Å². The number of ether oxygens (including phenoxy) is 2. The Morgan fingerprint density at radius 2 is 1.93 bits per heavy atom. The van der Waals surface area contributed by atoms with Gasteiger partial charge in [0.15, 0.2) is 0 Å². The van der Waals surface area contributed by atoms with Crippen LogP contribution in [-0.2, 0) is 16.1 Å². The minimum atomic E-state index is -0.654. The molecule has 0 aliphatic rings. The van der Waals surface area contributed by atoms with Crippen molar-refractivity contribution < 1.29 is 24.0 Å². The number of carbonyl (C=O) groups is 2. The Morgan fingerprint density at radius 1 is 1.21 bits per heavy atom. The lowest BCUT2D eigenvalue weighted by Crippen LogP contribution is -2.24. The van der Waals surface area contributed by atoms with E-state index in [1.165, 1.54) is 19.2 Å². The zero-order chi connectivity index (χ0) is 20.5. The molecule has 8 heteroatoms. The first-order valence-electron chi connectivity index (χ1n) is 8.40. The maximum absolute atomic E-state index is 11.8. The summed E-state index contributed by atoms with van der Waals surface area (Å²) >= 11 is 0. The van der Waals surface area contributed by atoms with Crippen molar-refractivity contribution in [3.8, 4) is 0 Å². The van der Waals surface area contributed by atoms with Gasteiger partial charge in [-0.2, -0.15) is 0 Å². The first-order valence-corrected chi connectivity index (χ1v) is 8.40. The fourth-order valence-electron chi connectivity index (χ4n) is 2.42. The van der Waals surface area contributed by atoms with Crippen LogP contribution >= 0.6 is 0 Å². The van der Waals surface area contributed by atoms with E-state index in [2.05, 4.69) is 10.1 Å². The van der Waals surface area contributed by atoms with Crippen LogP contribution in [0, 0.1) is 17.0 Å². The standard InChI is InChI=1S/C20H20N2O6/c1-14-16(11-17(22(25)26)12-18(14)19(23)27-2)9-6-10-21-20(24)28-13-15-7-4-3-5-8-15/h3-9,11-12H,10,13H2,1-2H3,(H,21,24). The maximum atomic E-state index is 11.8. The van der Waals surface area contributed by atoms with Crippen molar-refractivity contribution >= 4 is 23.8 Å². The summed E-state index contributed by atoms with van der Waals surface area (Å²) in [5.41, 5.74) is 1.79. The minimum Gasteiger partial charge on any atom is -0.465 e. The van der Waals surface area contributed by atoms with Crippen LogP contribution in [0.25, 0.3) is 6.08 Å². The van der Waals surface area contributed by atoms with Crippen molar-refractivity contribution in [3.05, 3.63) is 80.9 Å². The van der Waals surface area contributed by atoms with Crippen LogP contribution in [0.15, 0.2) is 48.5 Å². The number of hydrogen-bond donors (Lipinski definition) is 1. The summed E-state index contributed by atoms with van der Waals surface area (Å²) in [5.74, 6) is -0.654. The van der Waals surface area contributed by atoms with E-state index in [1.807, 2.05) is 30.3 Å². The lowest BCUT2D eigenvalue weighted by Gasteiger charge is -2.08. The van der Waals surface area contributed by atoms with Crippen LogP contribution in [0.4, 0.5) is 10.5 Å². The number of benzene rings is 2. The van der Waals surface area contributed by atoms with Crippen LogP contribution < -0.4 is 5.32 Å². The monoisotopic (exact) mass is 384 g/mol. The number of nitrogens with zero attached hydrogens (tertiary/aromatic N) is 1. The predicted molar refractivity (Wildman–Crippen MR) is 103 cm³/mol. The third-order valence-corrected chi connectivity index (χ3v) is 3.92. The zero-order valence-corrected chi connectivity index (χ0v) is 15.5. The fourth-order valence-corrected chi connectivity index (χ4v) is 2.42. The number of nitrogens with one attached hydrogen (secondary N) is 1. The van der Waals surface area contributed by atoms with Gasteiger partial charge in [0, 0.05) is 18.7 Å². The number of nitro groups is 1. The van der Waals surface area contributed by atoms with E-state index in [-0.39, 0.29) is 24.4 Å². The molecule has 0 spiro atoms. The van der Waals surface area contributed by atoms with Gasteiger partial charge in [-0.1, -0.05) is 42.5 Å². The molecular formula is C20H20N2O6. The zero-order valence-electron chi connectivity index (χ0n) is 15.5. The Bertz CT molecular complexity index is 893. The van der Waals surface area contributed by atoms with E-state index in [9.17, 15) is 19.7 Å². The Balaban J connectivity index is 1.99. The quantitative estimate of drug-likeness (QED) is 0.444.